The number of nitrogens with one attached hydrogen (secondary N) is 1. The molecule has 2 aliphatic carbocycles. The van der Waals surface area contributed by atoms with Gasteiger partial charge in [0.15, 0.2) is 0 Å². The molecule has 0 aliphatic heterocycles. The molecule has 0 saturated heterocycles. The van der Waals surface area contributed by atoms with E-state index in [1.807, 2.05) is 18.2 Å². The first-order valence-electron chi connectivity index (χ1n) is 10.2. The third-order valence-corrected chi connectivity index (χ3v) is 7.63. The van der Waals surface area contributed by atoms with E-state index in [1.165, 1.54) is 6.07 Å². The van der Waals surface area contributed by atoms with Crippen molar-refractivity contribution in [2.45, 2.75) is 48.8 Å². The minimum atomic E-state index is -4.35. The molecule has 0 atom stereocenters. The number of hydrogen-bond donors (Lipinski definition) is 2. The summed E-state index contributed by atoms with van der Waals surface area (Å²) in [6.07, 6.45) is 1.83. The third kappa shape index (κ3) is 6.63. The fourth-order valence-electron chi connectivity index (χ4n) is 3.54. The molecule has 0 amide bonds. The van der Waals surface area contributed by atoms with Gasteiger partial charge in [0.2, 0.25) is 10.0 Å². The normalized spacial score (nSPS) is 12.1. The average molecular weight is 485 g/mol. The molecular weight excluding hydrogens is 457 g/mol. The summed E-state index contributed by atoms with van der Waals surface area (Å²) in [7, 11) is -7.89. The van der Waals surface area contributed by atoms with Crippen LogP contribution in [0.5, 0.6) is 0 Å². The minimum Gasteiger partial charge on any atom is -0.282 e. The Morgan fingerprint density at radius 2 is 1.50 bits per heavy atom. The van der Waals surface area contributed by atoms with E-state index in [9.17, 15) is 21.4 Å². The Morgan fingerprint density at radius 1 is 0.875 bits per heavy atom. The summed E-state index contributed by atoms with van der Waals surface area (Å²) in [6.45, 7) is 4.40. The van der Waals surface area contributed by atoms with Gasteiger partial charge in [0.1, 0.15) is 4.90 Å². The van der Waals surface area contributed by atoms with Crippen LogP contribution in [0, 0.1) is 0 Å². The molecule has 2 N–H and O–H groups in total. The molecule has 6 nitrogen and oxygen atoms in total. The third-order valence-electron chi connectivity index (χ3n) is 5.25. The van der Waals surface area contributed by atoms with Gasteiger partial charge in [-0.3, -0.25) is 4.55 Å². The molecule has 1 aromatic rings. The summed E-state index contributed by atoms with van der Waals surface area (Å²) in [4.78, 5) is 0.136. The monoisotopic (exact) mass is 484 g/mol. The van der Waals surface area contributed by atoms with E-state index in [4.69, 9.17) is 0 Å². The van der Waals surface area contributed by atoms with Crippen molar-refractivity contribution in [1.29, 1.82) is 0 Å². The number of unbranched alkanes of at least 4 members (excludes halogenated alkanes) is 1. The van der Waals surface area contributed by atoms with Crippen molar-refractivity contribution < 1.29 is 21.4 Å². The van der Waals surface area contributed by atoms with Crippen LogP contribution in [-0.2, 0) is 26.6 Å². The summed E-state index contributed by atoms with van der Waals surface area (Å²) in [5, 5.41) is 0. The zero-order valence-corrected chi connectivity index (χ0v) is 22.2. The maximum absolute atomic E-state index is 12.3. The van der Waals surface area contributed by atoms with Crippen LogP contribution in [0.15, 0.2) is 70.5 Å². The largest absolute Gasteiger partial charge is 0.295 e. The second-order valence-corrected chi connectivity index (χ2v) is 11.0. The maximum atomic E-state index is 12.3. The molecule has 0 spiro atoms. The van der Waals surface area contributed by atoms with Crippen LogP contribution in [0.2, 0.25) is 0 Å². The summed E-state index contributed by atoms with van der Waals surface area (Å²) in [5.41, 5.74) is 3.16. The molecule has 32 heavy (non-hydrogen) atoms. The van der Waals surface area contributed by atoms with Gasteiger partial charge in [-0.1, -0.05) is 56.3 Å². The first kappa shape index (κ1) is 27.0. The molecule has 0 saturated carbocycles. The number of rotatable bonds is 9. The first-order chi connectivity index (χ1) is 14.6. The number of fused-ring (bicyclic) bond motifs is 1. The van der Waals surface area contributed by atoms with Crippen molar-refractivity contribution in [1.82, 2.24) is 4.72 Å². The Bertz CT molecular complexity index is 1230. The standard InChI is InChI=1S/C23H27NO5S2.Na/c1-17(2)18-11-13-21-19(16-23(31(27,28)29)22(21)14-12-18)8-6-7-15-24-30(25,26)20-9-4-3-5-10-20;/h3-5,9-14,16-17,24H,6-8,15H2,1-2H3,(H,27,28,29);. The molecule has 9 heteroatoms. The maximum Gasteiger partial charge on any atom is 0.295 e. The molecule has 1 aromatic carbocycles. The van der Waals surface area contributed by atoms with Crippen LogP contribution < -0.4 is 4.72 Å². The van der Waals surface area contributed by atoms with Gasteiger partial charge in [0, 0.05) is 41.7 Å². The summed E-state index contributed by atoms with van der Waals surface area (Å²) >= 11 is 0. The molecule has 1 radical (unpaired) electrons. The zero-order chi connectivity index (χ0) is 22.6. The van der Waals surface area contributed by atoms with Gasteiger partial charge in [0.05, 0.1) is 4.90 Å². The van der Waals surface area contributed by atoms with Crippen molar-refractivity contribution in [3.05, 3.63) is 71.8 Å². The molecule has 2 aliphatic rings. The van der Waals surface area contributed by atoms with Gasteiger partial charge in [-0.2, -0.15) is 8.42 Å². The zero-order valence-electron chi connectivity index (χ0n) is 18.6. The fraction of sp³-hybridized carbons (Fsp3) is 0.304. The van der Waals surface area contributed by atoms with Gasteiger partial charge in [-0.05, 0) is 60.1 Å². The van der Waals surface area contributed by atoms with E-state index in [-0.39, 0.29) is 51.8 Å². The molecule has 167 valence electrons. The summed E-state index contributed by atoms with van der Waals surface area (Å²) in [5.74, 6) is 0.284. The van der Waals surface area contributed by atoms with E-state index < -0.39 is 20.1 Å². The van der Waals surface area contributed by atoms with Crippen molar-refractivity contribution in [3.8, 4) is 11.1 Å². The molecule has 0 aromatic heterocycles. The number of sulfonamides is 1. The van der Waals surface area contributed by atoms with Crippen molar-refractivity contribution >= 4 is 49.7 Å². The second-order valence-electron chi connectivity index (χ2n) is 7.83. The molecule has 0 heterocycles. The Kier molecular flexibility index (Phi) is 9.48. The van der Waals surface area contributed by atoms with E-state index in [2.05, 4.69) is 18.6 Å². The Morgan fingerprint density at radius 3 is 2.09 bits per heavy atom. The van der Waals surface area contributed by atoms with Crippen LogP contribution in [0.4, 0.5) is 0 Å². The van der Waals surface area contributed by atoms with Crippen LogP contribution in [0.25, 0.3) is 11.1 Å². The van der Waals surface area contributed by atoms with E-state index in [1.54, 1.807) is 36.4 Å². The molecule has 0 unspecified atom stereocenters. The van der Waals surface area contributed by atoms with Crippen LogP contribution in [0.1, 0.15) is 43.7 Å². The Labute approximate surface area is 212 Å². The summed E-state index contributed by atoms with van der Waals surface area (Å²) in [6, 6.07) is 17.2. The van der Waals surface area contributed by atoms with Crippen molar-refractivity contribution in [3.63, 3.8) is 0 Å². The smallest absolute Gasteiger partial charge is 0.282 e. The quantitative estimate of drug-likeness (QED) is 0.271. The van der Waals surface area contributed by atoms with E-state index >= 15 is 0 Å². The Balaban J connectivity index is 0.00000363. The van der Waals surface area contributed by atoms with Gasteiger partial charge in [-0.15, -0.1) is 0 Å². The number of benzene rings is 1. The fourth-order valence-corrected chi connectivity index (χ4v) is 5.38. The van der Waals surface area contributed by atoms with Crippen LogP contribution in [0.3, 0.4) is 0 Å². The molecule has 0 bridgehead atoms. The average Bonchev–Trinajstić information content (AvgIpc) is 2.91. The Hall–Kier alpha value is -1.26. The van der Waals surface area contributed by atoms with Crippen LogP contribution in [-0.4, -0.2) is 57.5 Å². The molecular formula is C23H27NNaO5S2. The van der Waals surface area contributed by atoms with Crippen LogP contribution >= 0.6 is 0 Å². The minimum absolute atomic E-state index is 0. The predicted octanol–water partition coefficient (Wildman–Crippen LogP) is 4.08. The van der Waals surface area contributed by atoms with E-state index in [0.29, 0.717) is 24.8 Å². The van der Waals surface area contributed by atoms with Crippen molar-refractivity contribution in [2.75, 3.05) is 6.54 Å². The second kappa shape index (κ2) is 11.2. The molecule has 0 fully saturated rings. The van der Waals surface area contributed by atoms with Crippen molar-refractivity contribution in [2.24, 2.45) is 0 Å². The number of hydrogen-bond acceptors (Lipinski definition) is 4. The topological polar surface area (TPSA) is 101 Å². The number of aryl methyl sites for hydroxylation is 1. The first-order valence-corrected chi connectivity index (χ1v) is 13.1. The van der Waals surface area contributed by atoms with Gasteiger partial charge in [0.25, 0.3) is 10.1 Å². The van der Waals surface area contributed by atoms with Gasteiger partial charge >= 0.3 is 0 Å². The predicted molar refractivity (Wildman–Crippen MR) is 127 cm³/mol. The van der Waals surface area contributed by atoms with Gasteiger partial charge in [-0.25, -0.2) is 13.1 Å². The SMILES string of the molecule is CC(C)c1ccc2c(CCCCNS(=O)(=O)c3ccccc3)cc(S(=O)(=O)O)c-2cc1.[Na]. The van der Waals surface area contributed by atoms with E-state index in [0.717, 1.165) is 16.7 Å². The molecule has 3 rings (SSSR count). The van der Waals surface area contributed by atoms with Gasteiger partial charge < -0.3 is 0 Å². The summed E-state index contributed by atoms with van der Waals surface area (Å²) < 4.78 is 60.6.